The van der Waals surface area contributed by atoms with E-state index in [2.05, 4.69) is 21.9 Å². The number of hydrogen-bond donors (Lipinski definition) is 1. The summed E-state index contributed by atoms with van der Waals surface area (Å²) in [5.74, 6) is -1.20. The van der Waals surface area contributed by atoms with Crippen LogP contribution in [0.2, 0.25) is 0 Å². The summed E-state index contributed by atoms with van der Waals surface area (Å²) in [6.07, 6.45) is 1.02. The van der Waals surface area contributed by atoms with Gasteiger partial charge in [0.15, 0.2) is 0 Å². The molecule has 0 amide bonds. The predicted octanol–water partition coefficient (Wildman–Crippen LogP) is 2.04. The van der Waals surface area contributed by atoms with Crippen LogP contribution in [0.3, 0.4) is 0 Å². The van der Waals surface area contributed by atoms with Crippen LogP contribution in [0.25, 0.3) is 0 Å². The Bertz CT molecular complexity index is 449. The molecule has 4 nitrogen and oxygen atoms in total. The molecular formula is C15H23FN2O2. The fraction of sp³-hybridized carbons (Fsp3) is 0.533. The minimum atomic E-state index is -0.652. The Kier molecular flexibility index (Phi) is 6.61. The molecule has 0 aliphatic heterocycles. The van der Waals surface area contributed by atoms with E-state index in [1.54, 1.807) is 6.07 Å². The number of benzene rings is 1. The van der Waals surface area contributed by atoms with Crippen LogP contribution in [0.5, 0.6) is 0 Å². The van der Waals surface area contributed by atoms with Gasteiger partial charge in [-0.15, -0.1) is 0 Å². The number of rotatable bonds is 7. The molecule has 1 aromatic carbocycles. The molecule has 1 N–H and O–H groups in total. The summed E-state index contributed by atoms with van der Waals surface area (Å²) in [4.78, 5) is 13.4. The molecule has 112 valence electrons. The van der Waals surface area contributed by atoms with Gasteiger partial charge >= 0.3 is 5.97 Å². The van der Waals surface area contributed by atoms with Gasteiger partial charge in [-0.2, -0.15) is 0 Å². The zero-order valence-corrected chi connectivity index (χ0v) is 12.6. The van der Waals surface area contributed by atoms with Gasteiger partial charge in [0.2, 0.25) is 0 Å². The standard InChI is InChI=1S/C15H23FN2O2/c1-11(7-8-18(2)3)17-10-12-5-6-13(14(16)9-12)15(19)20-4/h5-6,9,11,17H,7-8,10H2,1-4H3. The third kappa shape index (κ3) is 5.27. The fourth-order valence-electron chi connectivity index (χ4n) is 1.79. The van der Waals surface area contributed by atoms with Crippen LogP contribution in [0.4, 0.5) is 4.39 Å². The Morgan fingerprint density at radius 1 is 1.45 bits per heavy atom. The Morgan fingerprint density at radius 2 is 2.15 bits per heavy atom. The van der Waals surface area contributed by atoms with Crippen LogP contribution in [-0.4, -0.2) is 44.7 Å². The van der Waals surface area contributed by atoms with E-state index >= 15 is 0 Å². The van der Waals surface area contributed by atoms with Crippen molar-refractivity contribution < 1.29 is 13.9 Å². The Morgan fingerprint density at radius 3 is 2.70 bits per heavy atom. The Hall–Kier alpha value is -1.46. The number of methoxy groups -OCH3 is 1. The van der Waals surface area contributed by atoms with Gasteiger partial charge in [0, 0.05) is 12.6 Å². The van der Waals surface area contributed by atoms with Crippen molar-refractivity contribution in [3.8, 4) is 0 Å². The normalized spacial score (nSPS) is 12.5. The van der Waals surface area contributed by atoms with E-state index in [4.69, 9.17) is 0 Å². The van der Waals surface area contributed by atoms with Gasteiger partial charge < -0.3 is 15.0 Å². The van der Waals surface area contributed by atoms with Gasteiger partial charge in [-0.25, -0.2) is 9.18 Å². The first-order chi connectivity index (χ1) is 9.43. The van der Waals surface area contributed by atoms with E-state index in [9.17, 15) is 9.18 Å². The van der Waals surface area contributed by atoms with Crippen molar-refractivity contribution in [2.24, 2.45) is 0 Å². The van der Waals surface area contributed by atoms with E-state index in [1.165, 1.54) is 19.2 Å². The number of nitrogens with zero attached hydrogens (tertiary/aromatic N) is 1. The van der Waals surface area contributed by atoms with Gasteiger partial charge in [-0.05, 0) is 51.7 Å². The molecule has 0 aliphatic carbocycles. The molecule has 0 fully saturated rings. The van der Waals surface area contributed by atoms with Crippen LogP contribution >= 0.6 is 0 Å². The molecular weight excluding hydrogens is 259 g/mol. The lowest BCUT2D eigenvalue weighted by Gasteiger charge is -2.16. The number of carbonyl (C=O) groups excluding carboxylic acids is 1. The van der Waals surface area contributed by atoms with Gasteiger partial charge in [0.05, 0.1) is 12.7 Å². The third-order valence-electron chi connectivity index (χ3n) is 3.10. The number of carbonyl (C=O) groups is 1. The molecule has 0 aliphatic rings. The molecule has 20 heavy (non-hydrogen) atoms. The zero-order chi connectivity index (χ0) is 15.1. The zero-order valence-electron chi connectivity index (χ0n) is 12.6. The number of nitrogens with one attached hydrogen (secondary N) is 1. The quantitative estimate of drug-likeness (QED) is 0.777. The number of hydrogen-bond acceptors (Lipinski definition) is 4. The lowest BCUT2D eigenvalue weighted by atomic mass is 10.1. The fourth-order valence-corrected chi connectivity index (χ4v) is 1.79. The maximum atomic E-state index is 13.7. The van der Waals surface area contributed by atoms with Crippen LogP contribution < -0.4 is 5.32 Å². The minimum Gasteiger partial charge on any atom is -0.465 e. The highest BCUT2D eigenvalue weighted by Gasteiger charge is 2.12. The molecule has 1 atom stereocenters. The highest BCUT2D eigenvalue weighted by Crippen LogP contribution is 2.12. The molecule has 1 aromatic rings. The first-order valence-corrected chi connectivity index (χ1v) is 6.69. The summed E-state index contributed by atoms with van der Waals surface area (Å²) in [6, 6.07) is 4.92. The molecule has 0 aromatic heterocycles. The summed E-state index contributed by atoms with van der Waals surface area (Å²) in [7, 11) is 5.31. The summed E-state index contributed by atoms with van der Waals surface area (Å²) in [5.41, 5.74) is 0.781. The predicted molar refractivity (Wildman–Crippen MR) is 77.2 cm³/mol. The molecule has 0 heterocycles. The second-order valence-electron chi connectivity index (χ2n) is 5.18. The van der Waals surface area contributed by atoms with Crippen molar-refractivity contribution in [3.05, 3.63) is 35.1 Å². The van der Waals surface area contributed by atoms with E-state index in [-0.39, 0.29) is 5.56 Å². The summed E-state index contributed by atoms with van der Waals surface area (Å²) in [5, 5.41) is 3.33. The highest BCUT2D eigenvalue weighted by molar-refractivity contribution is 5.89. The van der Waals surface area contributed by atoms with Crippen molar-refractivity contribution >= 4 is 5.97 Å². The maximum absolute atomic E-state index is 13.7. The average Bonchev–Trinajstić information content (AvgIpc) is 2.42. The number of halogens is 1. The van der Waals surface area contributed by atoms with Gasteiger partial charge in [0.1, 0.15) is 5.82 Å². The second kappa shape index (κ2) is 7.97. The van der Waals surface area contributed by atoms with E-state index < -0.39 is 11.8 Å². The lowest BCUT2D eigenvalue weighted by molar-refractivity contribution is 0.0595. The summed E-state index contributed by atoms with van der Waals surface area (Å²) >= 11 is 0. The largest absolute Gasteiger partial charge is 0.465 e. The van der Waals surface area contributed by atoms with E-state index in [0.29, 0.717) is 12.6 Å². The van der Waals surface area contributed by atoms with Crippen LogP contribution in [0.15, 0.2) is 18.2 Å². The lowest BCUT2D eigenvalue weighted by Crippen LogP contribution is -2.29. The number of ether oxygens (including phenoxy) is 1. The van der Waals surface area contributed by atoms with Crippen LogP contribution in [0, 0.1) is 5.82 Å². The smallest absolute Gasteiger partial charge is 0.340 e. The molecule has 0 spiro atoms. The molecule has 0 radical (unpaired) electrons. The van der Waals surface area contributed by atoms with Crippen LogP contribution in [-0.2, 0) is 11.3 Å². The molecule has 5 heteroatoms. The van der Waals surface area contributed by atoms with Gasteiger partial charge in [-0.3, -0.25) is 0 Å². The molecule has 0 bridgehead atoms. The monoisotopic (exact) mass is 282 g/mol. The third-order valence-corrected chi connectivity index (χ3v) is 3.10. The molecule has 0 saturated heterocycles. The van der Waals surface area contributed by atoms with Crippen molar-refractivity contribution in [2.45, 2.75) is 25.9 Å². The first kappa shape index (κ1) is 16.6. The minimum absolute atomic E-state index is 0.0306. The van der Waals surface area contributed by atoms with E-state index in [1.807, 2.05) is 14.1 Å². The Labute approximate surface area is 119 Å². The van der Waals surface area contributed by atoms with Crippen molar-refractivity contribution in [1.29, 1.82) is 0 Å². The Balaban J connectivity index is 2.53. The topological polar surface area (TPSA) is 41.6 Å². The molecule has 1 unspecified atom stereocenters. The summed E-state index contributed by atoms with van der Waals surface area (Å²) < 4.78 is 18.2. The average molecular weight is 282 g/mol. The summed E-state index contributed by atoms with van der Waals surface area (Å²) in [6.45, 7) is 3.68. The van der Waals surface area contributed by atoms with Crippen molar-refractivity contribution in [2.75, 3.05) is 27.7 Å². The first-order valence-electron chi connectivity index (χ1n) is 6.69. The van der Waals surface area contributed by atoms with Gasteiger partial charge in [0.25, 0.3) is 0 Å². The second-order valence-corrected chi connectivity index (χ2v) is 5.18. The van der Waals surface area contributed by atoms with Gasteiger partial charge in [-0.1, -0.05) is 6.07 Å². The van der Waals surface area contributed by atoms with Crippen molar-refractivity contribution in [1.82, 2.24) is 10.2 Å². The molecule has 0 saturated carbocycles. The van der Waals surface area contributed by atoms with Crippen molar-refractivity contribution in [3.63, 3.8) is 0 Å². The maximum Gasteiger partial charge on any atom is 0.340 e. The number of esters is 1. The molecule has 1 rings (SSSR count). The van der Waals surface area contributed by atoms with Crippen LogP contribution in [0.1, 0.15) is 29.3 Å². The van der Waals surface area contributed by atoms with E-state index in [0.717, 1.165) is 18.5 Å². The highest BCUT2D eigenvalue weighted by atomic mass is 19.1. The SMILES string of the molecule is COC(=O)c1ccc(CNC(C)CCN(C)C)cc1F.